The molecule has 0 heterocycles. The smallest absolute Gasteiger partial charge is 0.0755 e. The minimum Gasteiger partial charge on any atom is -0.389 e. The molecule has 0 fully saturated rings. The third-order valence-corrected chi connectivity index (χ3v) is 2.81. The van der Waals surface area contributed by atoms with Crippen molar-refractivity contribution in [3.63, 3.8) is 0 Å². The van der Waals surface area contributed by atoms with Crippen molar-refractivity contribution in [2.45, 2.75) is 64.9 Å². The van der Waals surface area contributed by atoms with Gasteiger partial charge in [0.2, 0.25) is 0 Å². The molecule has 0 aromatic heterocycles. The van der Waals surface area contributed by atoms with E-state index in [1.165, 1.54) is 25.7 Å². The fourth-order valence-electron chi connectivity index (χ4n) is 1.71. The fraction of sp³-hybridized carbons (Fsp3) is 0.556. The van der Waals surface area contributed by atoms with Gasteiger partial charge in [-0.1, -0.05) is 68.4 Å². The van der Waals surface area contributed by atoms with Crippen molar-refractivity contribution in [2.75, 3.05) is 0 Å². The zero-order valence-corrected chi connectivity index (χ0v) is 12.6. The van der Waals surface area contributed by atoms with Gasteiger partial charge in [-0.3, -0.25) is 0 Å². The summed E-state index contributed by atoms with van der Waals surface area (Å²) in [5, 5.41) is 9.45. The zero-order valence-electron chi connectivity index (χ0n) is 12.6. The Morgan fingerprint density at radius 3 is 2.16 bits per heavy atom. The second kappa shape index (κ2) is 15.0. The third kappa shape index (κ3) is 14.9. The summed E-state index contributed by atoms with van der Waals surface area (Å²) in [6, 6.07) is 0. The summed E-state index contributed by atoms with van der Waals surface area (Å²) in [6.45, 7) is 4.16. The highest BCUT2D eigenvalue weighted by Gasteiger charge is 1.91. The maximum Gasteiger partial charge on any atom is 0.0755 e. The second-order valence-electron chi connectivity index (χ2n) is 4.71. The Hall–Kier alpha value is -1.08. The van der Waals surface area contributed by atoms with E-state index in [2.05, 4.69) is 37.3 Å². The van der Waals surface area contributed by atoms with Crippen LogP contribution in [0.3, 0.4) is 0 Å². The van der Waals surface area contributed by atoms with Crippen LogP contribution in [0.1, 0.15) is 58.8 Å². The van der Waals surface area contributed by atoms with E-state index in [9.17, 15) is 5.11 Å². The molecule has 0 aromatic rings. The molecule has 0 aliphatic carbocycles. The topological polar surface area (TPSA) is 20.2 Å². The predicted octanol–water partition coefficient (Wildman–Crippen LogP) is 5.34. The quantitative estimate of drug-likeness (QED) is 0.393. The summed E-state index contributed by atoms with van der Waals surface area (Å²) in [5.41, 5.74) is 0. The molecule has 1 N–H and O–H groups in total. The summed E-state index contributed by atoms with van der Waals surface area (Å²) in [5.74, 6) is 0. The van der Waals surface area contributed by atoms with E-state index in [0.717, 1.165) is 12.8 Å². The van der Waals surface area contributed by atoms with Crippen molar-refractivity contribution in [2.24, 2.45) is 0 Å². The van der Waals surface area contributed by atoms with Crippen molar-refractivity contribution < 1.29 is 5.11 Å². The predicted molar refractivity (Wildman–Crippen MR) is 86.2 cm³/mol. The van der Waals surface area contributed by atoms with Crippen LogP contribution in [0.4, 0.5) is 0 Å². The van der Waals surface area contributed by atoms with Crippen LogP contribution in [0, 0.1) is 0 Å². The zero-order chi connectivity index (χ0) is 14.2. The van der Waals surface area contributed by atoms with Gasteiger partial charge in [0.15, 0.2) is 0 Å². The Kier molecular flexibility index (Phi) is 14.1. The summed E-state index contributed by atoms with van der Waals surface area (Å²) >= 11 is 0. The van der Waals surface area contributed by atoms with Gasteiger partial charge in [0, 0.05) is 0 Å². The Labute approximate surface area is 119 Å². The lowest BCUT2D eigenvalue weighted by Crippen LogP contribution is -1.98. The van der Waals surface area contributed by atoms with Crippen molar-refractivity contribution in [1.29, 1.82) is 0 Å². The molecule has 0 aliphatic rings. The largest absolute Gasteiger partial charge is 0.389 e. The molecule has 1 nitrogen and oxygen atoms in total. The van der Waals surface area contributed by atoms with Crippen molar-refractivity contribution >= 4 is 0 Å². The Morgan fingerprint density at radius 2 is 1.53 bits per heavy atom. The summed E-state index contributed by atoms with van der Waals surface area (Å²) < 4.78 is 0. The number of aliphatic hydroxyl groups excluding tert-OH is 1. The van der Waals surface area contributed by atoms with E-state index in [1.54, 1.807) is 0 Å². The monoisotopic (exact) mass is 262 g/mol. The first-order valence-electron chi connectivity index (χ1n) is 7.57. The maximum absolute atomic E-state index is 9.45. The van der Waals surface area contributed by atoms with Crippen LogP contribution in [0.25, 0.3) is 0 Å². The molecule has 0 bridgehead atoms. The van der Waals surface area contributed by atoms with Crippen LogP contribution in [0.2, 0.25) is 0 Å². The molecule has 1 atom stereocenters. The number of hydrogen-bond donors (Lipinski definition) is 1. The number of allylic oxidation sites excluding steroid dienone is 6. The minimum absolute atomic E-state index is 0.337. The average Bonchev–Trinajstić information content (AvgIpc) is 2.40. The molecule has 0 amide bonds. The molecule has 0 aliphatic heterocycles. The van der Waals surface area contributed by atoms with E-state index in [1.807, 2.05) is 25.2 Å². The number of rotatable bonds is 11. The van der Waals surface area contributed by atoms with Gasteiger partial charge in [-0.25, -0.2) is 0 Å². The van der Waals surface area contributed by atoms with Gasteiger partial charge in [-0.15, -0.1) is 0 Å². The second-order valence-corrected chi connectivity index (χ2v) is 4.71. The van der Waals surface area contributed by atoms with Crippen LogP contribution < -0.4 is 0 Å². The molecule has 0 aromatic carbocycles. The molecule has 0 saturated heterocycles. The van der Waals surface area contributed by atoms with Crippen molar-refractivity contribution in [1.82, 2.24) is 0 Å². The van der Waals surface area contributed by atoms with E-state index in [4.69, 9.17) is 0 Å². The molecule has 0 spiro atoms. The molecule has 1 heteroatoms. The third-order valence-electron chi connectivity index (χ3n) is 2.81. The van der Waals surface area contributed by atoms with Crippen LogP contribution in [0.5, 0.6) is 0 Å². The average molecular weight is 262 g/mol. The normalized spacial score (nSPS) is 14.5. The first kappa shape index (κ1) is 17.9. The van der Waals surface area contributed by atoms with Crippen LogP contribution in [-0.4, -0.2) is 11.2 Å². The summed E-state index contributed by atoms with van der Waals surface area (Å²) in [4.78, 5) is 0. The molecule has 0 radical (unpaired) electrons. The fourth-order valence-corrected chi connectivity index (χ4v) is 1.71. The molecule has 1 unspecified atom stereocenters. The van der Waals surface area contributed by atoms with Gasteiger partial charge in [-0.2, -0.15) is 0 Å². The Bertz CT molecular complexity index is 284. The van der Waals surface area contributed by atoms with Gasteiger partial charge in [-0.05, 0) is 39.0 Å². The molecule has 0 saturated carbocycles. The van der Waals surface area contributed by atoms with E-state index >= 15 is 0 Å². The maximum atomic E-state index is 9.45. The van der Waals surface area contributed by atoms with E-state index in [0.29, 0.717) is 6.42 Å². The van der Waals surface area contributed by atoms with Crippen molar-refractivity contribution in [3.05, 3.63) is 48.6 Å². The van der Waals surface area contributed by atoms with Crippen LogP contribution in [-0.2, 0) is 0 Å². The summed E-state index contributed by atoms with van der Waals surface area (Å²) in [6.07, 6.45) is 24.2. The first-order chi connectivity index (χ1) is 9.31. The van der Waals surface area contributed by atoms with E-state index in [-0.39, 0.29) is 6.10 Å². The molecule has 19 heavy (non-hydrogen) atoms. The van der Waals surface area contributed by atoms with Crippen LogP contribution >= 0.6 is 0 Å². The molecular weight excluding hydrogens is 232 g/mol. The lowest BCUT2D eigenvalue weighted by Gasteiger charge is -1.98. The summed E-state index contributed by atoms with van der Waals surface area (Å²) in [7, 11) is 0. The lowest BCUT2D eigenvalue weighted by atomic mass is 10.2. The first-order valence-corrected chi connectivity index (χ1v) is 7.57. The standard InChI is InChI=1S/C18H30O/c1-3-5-6-7-8-9-10-11-12-13-14-15-17-18(19)16-4-2/h4,8-9,11-12,14-16,18-19H,3,5-7,10,13,17H2,1-2H3/b9-8-,12-11-,15-14-,16-4+. The van der Waals surface area contributed by atoms with Gasteiger partial charge >= 0.3 is 0 Å². The number of hydrogen-bond acceptors (Lipinski definition) is 1. The Balaban J connectivity index is 3.45. The number of aliphatic hydroxyl groups is 1. The SMILES string of the molecule is C/C=C/C(O)C/C=C\C/C=C\C/C=C\CCCCC. The highest BCUT2D eigenvalue weighted by Crippen LogP contribution is 2.01. The van der Waals surface area contributed by atoms with E-state index < -0.39 is 0 Å². The highest BCUT2D eigenvalue weighted by molar-refractivity contribution is 4.99. The molecule has 108 valence electrons. The van der Waals surface area contributed by atoms with Gasteiger partial charge in [0.1, 0.15) is 0 Å². The minimum atomic E-state index is -0.337. The molecule has 0 rings (SSSR count). The lowest BCUT2D eigenvalue weighted by molar-refractivity contribution is 0.227. The van der Waals surface area contributed by atoms with Crippen molar-refractivity contribution in [3.8, 4) is 0 Å². The number of unbranched alkanes of at least 4 members (excludes halogenated alkanes) is 3. The Morgan fingerprint density at radius 1 is 0.895 bits per heavy atom. The van der Waals surface area contributed by atoms with Gasteiger partial charge in [0.05, 0.1) is 6.10 Å². The molecular formula is C18H30O. The van der Waals surface area contributed by atoms with Crippen LogP contribution in [0.15, 0.2) is 48.6 Å². The highest BCUT2D eigenvalue weighted by atomic mass is 16.3. The van der Waals surface area contributed by atoms with Gasteiger partial charge < -0.3 is 5.11 Å². The van der Waals surface area contributed by atoms with Gasteiger partial charge in [0.25, 0.3) is 0 Å².